The number of nitrogens with one attached hydrogen (secondary N) is 1. The molecule has 1 aliphatic rings. The van der Waals surface area contributed by atoms with E-state index in [0.717, 1.165) is 22.3 Å². The third-order valence-corrected chi connectivity index (χ3v) is 4.75. The normalized spacial score (nSPS) is 19.1. The van der Waals surface area contributed by atoms with Crippen LogP contribution in [0.25, 0.3) is 0 Å². The van der Waals surface area contributed by atoms with Crippen molar-refractivity contribution in [3.8, 4) is 5.75 Å². The third kappa shape index (κ3) is 2.67. The minimum atomic E-state index is 0.178. The lowest BCUT2D eigenvalue weighted by Crippen LogP contribution is -2.24. The van der Waals surface area contributed by atoms with Crippen molar-refractivity contribution < 1.29 is 4.74 Å². The summed E-state index contributed by atoms with van der Waals surface area (Å²) < 4.78 is 6.53. The van der Waals surface area contributed by atoms with E-state index in [0.29, 0.717) is 0 Å². The number of halogens is 1. The fraction of sp³-hybridized carbons (Fsp3) is 0.333. The molecule has 21 heavy (non-hydrogen) atoms. The van der Waals surface area contributed by atoms with E-state index >= 15 is 0 Å². The van der Waals surface area contributed by atoms with E-state index in [-0.39, 0.29) is 11.5 Å². The Morgan fingerprint density at radius 3 is 2.71 bits per heavy atom. The van der Waals surface area contributed by atoms with Crippen molar-refractivity contribution in [3.05, 3.63) is 58.1 Å². The van der Waals surface area contributed by atoms with Gasteiger partial charge in [-0.15, -0.1) is 0 Å². The fourth-order valence-electron chi connectivity index (χ4n) is 3.21. The molecule has 2 aromatic carbocycles. The van der Waals surface area contributed by atoms with Gasteiger partial charge in [-0.2, -0.15) is 0 Å². The lowest BCUT2D eigenvalue weighted by molar-refractivity contribution is 0.335. The molecule has 2 nitrogen and oxygen atoms in total. The summed E-state index contributed by atoms with van der Waals surface area (Å²) >= 11 is 3.54. The zero-order chi connectivity index (χ0) is 15.0. The molecule has 1 unspecified atom stereocenters. The van der Waals surface area contributed by atoms with Crippen molar-refractivity contribution in [2.24, 2.45) is 5.41 Å². The molecule has 2 aromatic rings. The number of anilines is 1. The van der Waals surface area contributed by atoms with Crippen LogP contribution in [0, 0.1) is 5.41 Å². The van der Waals surface area contributed by atoms with Crippen molar-refractivity contribution in [1.29, 1.82) is 0 Å². The molecule has 3 heteroatoms. The van der Waals surface area contributed by atoms with Gasteiger partial charge in [-0.3, -0.25) is 0 Å². The maximum atomic E-state index is 5.48. The molecule has 0 spiro atoms. The average Bonchev–Trinajstić information content (AvgIpc) is 2.70. The van der Waals surface area contributed by atoms with E-state index in [9.17, 15) is 0 Å². The van der Waals surface area contributed by atoms with Crippen molar-refractivity contribution in [3.63, 3.8) is 0 Å². The number of rotatable bonds is 3. The number of hydrogen-bond donors (Lipinski definition) is 1. The SMILES string of the molecule is COc1ccc(Br)cc1NC1c2ccccc2CC1(C)C. The summed E-state index contributed by atoms with van der Waals surface area (Å²) in [6.45, 7) is 4.63. The molecule has 0 aliphatic heterocycles. The van der Waals surface area contributed by atoms with E-state index in [2.05, 4.69) is 65.4 Å². The van der Waals surface area contributed by atoms with Crippen molar-refractivity contribution in [2.45, 2.75) is 26.3 Å². The molecule has 0 saturated heterocycles. The lowest BCUT2D eigenvalue weighted by Gasteiger charge is -2.30. The molecule has 0 amide bonds. The molecule has 0 fully saturated rings. The Hall–Kier alpha value is -1.48. The second-order valence-electron chi connectivity index (χ2n) is 6.29. The van der Waals surface area contributed by atoms with Gasteiger partial charge in [-0.05, 0) is 41.2 Å². The van der Waals surface area contributed by atoms with E-state index in [1.54, 1.807) is 7.11 Å². The third-order valence-electron chi connectivity index (χ3n) is 4.26. The van der Waals surface area contributed by atoms with Gasteiger partial charge in [0.05, 0.1) is 18.8 Å². The molecule has 0 aromatic heterocycles. The monoisotopic (exact) mass is 345 g/mol. The first-order valence-corrected chi connectivity index (χ1v) is 7.98. The van der Waals surface area contributed by atoms with Crippen LogP contribution in [-0.2, 0) is 6.42 Å². The summed E-state index contributed by atoms with van der Waals surface area (Å²) in [6.07, 6.45) is 1.09. The number of ether oxygens (including phenoxy) is 1. The van der Waals surface area contributed by atoms with Gasteiger partial charge in [-0.1, -0.05) is 54.0 Å². The Morgan fingerprint density at radius 1 is 1.19 bits per heavy atom. The quantitative estimate of drug-likeness (QED) is 0.825. The lowest BCUT2D eigenvalue weighted by atomic mass is 9.85. The zero-order valence-electron chi connectivity index (χ0n) is 12.6. The molecular weight excluding hydrogens is 326 g/mol. The Morgan fingerprint density at radius 2 is 1.95 bits per heavy atom. The molecule has 1 atom stereocenters. The Kier molecular flexibility index (Phi) is 3.70. The highest BCUT2D eigenvalue weighted by molar-refractivity contribution is 9.10. The minimum Gasteiger partial charge on any atom is -0.495 e. The Bertz CT molecular complexity index is 666. The summed E-state index contributed by atoms with van der Waals surface area (Å²) in [5.74, 6) is 0.874. The number of fused-ring (bicyclic) bond motifs is 1. The fourth-order valence-corrected chi connectivity index (χ4v) is 3.57. The van der Waals surface area contributed by atoms with Crippen LogP contribution in [0.3, 0.4) is 0 Å². The van der Waals surface area contributed by atoms with E-state index in [4.69, 9.17) is 4.74 Å². The van der Waals surface area contributed by atoms with Crippen LogP contribution < -0.4 is 10.1 Å². The zero-order valence-corrected chi connectivity index (χ0v) is 14.2. The molecule has 0 bridgehead atoms. The summed E-state index contributed by atoms with van der Waals surface area (Å²) in [7, 11) is 1.71. The van der Waals surface area contributed by atoms with E-state index < -0.39 is 0 Å². The largest absolute Gasteiger partial charge is 0.495 e. The van der Waals surface area contributed by atoms with Gasteiger partial charge in [0, 0.05) is 4.47 Å². The minimum absolute atomic E-state index is 0.178. The van der Waals surface area contributed by atoms with Crippen LogP contribution in [0.2, 0.25) is 0 Å². The van der Waals surface area contributed by atoms with Gasteiger partial charge >= 0.3 is 0 Å². The van der Waals surface area contributed by atoms with E-state index in [1.807, 2.05) is 12.1 Å². The van der Waals surface area contributed by atoms with Crippen molar-refractivity contribution >= 4 is 21.6 Å². The molecule has 1 aliphatic carbocycles. The highest BCUT2D eigenvalue weighted by atomic mass is 79.9. The molecule has 0 heterocycles. The van der Waals surface area contributed by atoms with Gasteiger partial charge in [0.2, 0.25) is 0 Å². The van der Waals surface area contributed by atoms with Crippen LogP contribution >= 0.6 is 15.9 Å². The van der Waals surface area contributed by atoms with Gasteiger partial charge in [0.15, 0.2) is 0 Å². The molecule has 110 valence electrons. The first-order chi connectivity index (χ1) is 10.0. The number of benzene rings is 2. The maximum absolute atomic E-state index is 5.48. The highest BCUT2D eigenvalue weighted by Gasteiger charge is 2.38. The van der Waals surface area contributed by atoms with Gasteiger partial charge in [-0.25, -0.2) is 0 Å². The van der Waals surface area contributed by atoms with Crippen LogP contribution in [0.15, 0.2) is 46.9 Å². The number of hydrogen-bond acceptors (Lipinski definition) is 2. The van der Waals surface area contributed by atoms with Gasteiger partial charge < -0.3 is 10.1 Å². The Balaban J connectivity index is 1.99. The molecule has 3 rings (SSSR count). The van der Waals surface area contributed by atoms with Gasteiger partial charge in [0.25, 0.3) is 0 Å². The molecule has 0 radical (unpaired) electrons. The summed E-state index contributed by atoms with van der Waals surface area (Å²) in [5.41, 5.74) is 4.04. The van der Waals surface area contributed by atoms with E-state index in [1.165, 1.54) is 11.1 Å². The predicted octanol–water partition coefficient (Wildman–Crippen LogP) is 5.19. The highest BCUT2D eigenvalue weighted by Crippen LogP contribution is 2.47. The first kappa shape index (κ1) is 14.5. The van der Waals surface area contributed by atoms with Crippen LogP contribution in [0.4, 0.5) is 5.69 Å². The first-order valence-electron chi connectivity index (χ1n) is 7.19. The average molecular weight is 346 g/mol. The summed E-state index contributed by atoms with van der Waals surface area (Å²) in [4.78, 5) is 0. The van der Waals surface area contributed by atoms with Crippen LogP contribution in [-0.4, -0.2) is 7.11 Å². The Labute approximate surface area is 134 Å². The topological polar surface area (TPSA) is 21.3 Å². The smallest absolute Gasteiger partial charge is 0.142 e. The molecular formula is C18H20BrNO. The second-order valence-corrected chi connectivity index (χ2v) is 7.20. The predicted molar refractivity (Wildman–Crippen MR) is 91.0 cm³/mol. The van der Waals surface area contributed by atoms with Crippen LogP contribution in [0.5, 0.6) is 5.75 Å². The number of methoxy groups -OCH3 is 1. The van der Waals surface area contributed by atoms with Crippen LogP contribution in [0.1, 0.15) is 31.0 Å². The standard InChI is InChI=1S/C18H20BrNO/c1-18(2)11-12-6-4-5-7-14(12)17(18)20-15-10-13(19)8-9-16(15)21-3/h4-10,17,20H,11H2,1-3H3. The maximum Gasteiger partial charge on any atom is 0.142 e. The van der Waals surface area contributed by atoms with Crippen molar-refractivity contribution in [1.82, 2.24) is 0 Å². The van der Waals surface area contributed by atoms with Crippen molar-refractivity contribution in [2.75, 3.05) is 12.4 Å². The van der Waals surface area contributed by atoms with Gasteiger partial charge in [0.1, 0.15) is 5.75 Å². The molecule has 1 N–H and O–H groups in total. The summed E-state index contributed by atoms with van der Waals surface area (Å²) in [6, 6.07) is 15.1. The molecule has 0 saturated carbocycles. The second kappa shape index (κ2) is 5.38. The summed E-state index contributed by atoms with van der Waals surface area (Å²) in [5, 5.41) is 3.69.